The monoisotopic (exact) mass is 1660 g/mol. The third kappa shape index (κ3) is 14.1. The maximum absolute atomic E-state index is 6.90. The zero-order chi connectivity index (χ0) is 86.0. The SMILES string of the molecule is c1ccc(-c2ccc(-c3nc(-c4ccc(-c5ccccc5)cc4)nc(-c4ccc5oc6c(ccc7c8ccccc8n(-c8ccc(-c9cccc(-c%10ccccc%10)c9)cc8)c76)c5c4)n3)cc2)cc1.c1ccc(-c2cccc(-c3ccc(-n4c5ccccc5c5ccc6c7cc(-c8nc(-c9ccccc9)nc(-c9cccc(-c%10ccccc%10)c9)n8)ccc7oc6c54)cc3)c2)cc1. The van der Waals surface area contributed by atoms with E-state index < -0.39 is 0 Å². The van der Waals surface area contributed by atoms with Gasteiger partial charge in [-0.2, -0.15) is 0 Å². The van der Waals surface area contributed by atoms with Crippen molar-refractivity contribution in [3.63, 3.8) is 0 Å². The molecule has 0 saturated heterocycles. The summed E-state index contributed by atoms with van der Waals surface area (Å²) < 4.78 is 18.5. The Bertz CT molecular complexity index is 8490. The number of rotatable bonds is 15. The predicted octanol–water partition coefficient (Wildman–Crippen LogP) is 31.4. The topological polar surface area (TPSA) is 113 Å². The molecule has 0 fully saturated rings. The lowest BCUT2D eigenvalue weighted by atomic mass is 9.99. The van der Waals surface area contributed by atoms with Crippen LogP contribution in [0.3, 0.4) is 0 Å². The Hall–Kier alpha value is -17.6. The fourth-order valence-electron chi connectivity index (χ4n) is 18.5. The number of para-hydroxylation sites is 2. The van der Waals surface area contributed by atoms with Gasteiger partial charge in [0.1, 0.15) is 11.2 Å². The molecule has 0 aliphatic heterocycles. The minimum absolute atomic E-state index is 0.588. The van der Waals surface area contributed by atoms with Crippen molar-refractivity contribution in [1.82, 2.24) is 39.0 Å². The smallest absolute Gasteiger partial charge is 0.164 e. The van der Waals surface area contributed by atoms with E-state index in [4.69, 9.17) is 38.7 Å². The van der Waals surface area contributed by atoms with Gasteiger partial charge in [0.15, 0.2) is 46.1 Å². The van der Waals surface area contributed by atoms with E-state index in [0.29, 0.717) is 34.9 Å². The lowest BCUT2D eigenvalue weighted by Gasteiger charge is -2.10. The lowest BCUT2D eigenvalue weighted by Crippen LogP contribution is -2.00. The van der Waals surface area contributed by atoms with Gasteiger partial charge in [-0.05, 0) is 181 Å². The number of aromatic nitrogens is 8. The molecule has 0 spiro atoms. The summed E-state index contributed by atoms with van der Waals surface area (Å²) in [5.41, 5.74) is 31.4. The molecule has 0 N–H and O–H groups in total. The van der Waals surface area contributed by atoms with Crippen LogP contribution in [0.25, 0.3) is 245 Å². The van der Waals surface area contributed by atoms with Gasteiger partial charge in [0, 0.05) is 87.8 Å². The molecular weight excluding hydrogens is 1590 g/mol. The van der Waals surface area contributed by atoms with Gasteiger partial charge in [0.05, 0.1) is 22.1 Å². The Morgan fingerprint density at radius 1 is 0.146 bits per heavy atom. The highest BCUT2D eigenvalue weighted by Gasteiger charge is 2.25. The molecule has 0 radical (unpaired) electrons. The van der Waals surface area contributed by atoms with E-state index in [2.05, 4.69) is 410 Å². The molecule has 0 unspecified atom stereocenters. The second-order valence-electron chi connectivity index (χ2n) is 32.8. The van der Waals surface area contributed by atoms with Gasteiger partial charge in [-0.1, -0.05) is 358 Å². The minimum Gasteiger partial charge on any atom is -0.454 e. The average Bonchev–Trinajstić information content (AvgIpc) is 1.56. The molecule has 25 rings (SSSR count). The summed E-state index contributed by atoms with van der Waals surface area (Å²) in [5.74, 6) is 3.63. The molecule has 6 heterocycles. The molecule has 0 aliphatic carbocycles. The van der Waals surface area contributed by atoms with Gasteiger partial charge >= 0.3 is 0 Å². The van der Waals surface area contributed by atoms with E-state index in [9.17, 15) is 0 Å². The van der Waals surface area contributed by atoms with Gasteiger partial charge in [-0.3, -0.25) is 0 Å². The molecule has 10 nitrogen and oxygen atoms in total. The molecule has 0 saturated carbocycles. The number of furan rings is 2. The lowest BCUT2D eigenvalue weighted by molar-refractivity contribution is 0.670. The van der Waals surface area contributed by atoms with Crippen LogP contribution in [0.5, 0.6) is 0 Å². The number of nitrogens with zero attached hydrogens (tertiary/aromatic N) is 8. The van der Waals surface area contributed by atoms with Crippen molar-refractivity contribution in [3.05, 3.63) is 461 Å². The van der Waals surface area contributed by atoms with Crippen LogP contribution in [0.15, 0.2) is 470 Å². The zero-order valence-corrected chi connectivity index (χ0v) is 70.3. The molecule has 608 valence electrons. The van der Waals surface area contributed by atoms with Crippen LogP contribution in [0.4, 0.5) is 0 Å². The van der Waals surface area contributed by atoms with Crippen molar-refractivity contribution >= 4 is 87.5 Å². The molecule has 6 aromatic heterocycles. The van der Waals surface area contributed by atoms with E-state index >= 15 is 0 Å². The highest BCUT2D eigenvalue weighted by atomic mass is 16.3. The molecule has 0 amide bonds. The standard InChI is InChI=1S/C63H40N4O.C57H36N4O/c1-4-13-41(14-5-1)44-23-27-47(28-24-44)61-64-62(48-29-25-45(26-30-48)42-15-6-2-7-16-42)66-63(65-61)51-33-38-58-56(40-51)55-37-36-54-53-21-10-11-22-57(53)67(59(54)60(55)68-58)52-34-31-46(32-35-52)50-20-12-19-49(39-50)43-17-8-3-9-18-43;1-4-14-37(15-5-1)41-20-12-21-42(34-41)39-26-29-46(30-27-39)61-51-25-11-10-24-47(51)48-31-32-49-50-36-45(28-33-52(50)62-54(49)53(48)61)57-59-55(40-18-8-3-9-19-40)58-56(60-57)44-23-13-22-43(35-44)38-16-6-2-7-17-38/h1-40H;1-36H. The van der Waals surface area contributed by atoms with Crippen LogP contribution < -0.4 is 0 Å². The maximum atomic E-state index is 6.90. The highest BCUT2D eigenvalue weighted by molar-refractivity contribution is 6.23. The predicted molar refractivity (Wildman–Crippen MR) is 534 cm³/mol. The average molecular weight is 1660 g/mol. The van der Waals surface area contributed by atoms with Crippen LogP contribution in [-0.2, 0) is 0 Å². The number of fused-ring (bicyclic) bond motifs is 14. The van der Waals surface area contributed by atoms with Gasteiger partial charge < -0.3 is 18.0 Å². The summed E-state index contributed by atoms with van der Waals surface area (Å²) in [6.45, 7) is 0. The van der Waals surface area contributed by atoms with Gasteiger partial charge in [0.25, 0.3) is 0 Å². The molecule has 0 bridgehead atoms. The summed E-state index contributed by atoms with van der Waals surface area (Å²) in [7, 11) is 0. The van der Waals surface area contributed by atoms with Crippen molar-refractivity contribution in [2.24, 2.45) is 0 Å². The summed E-state index contributed by atoms with van der Waals surface area (Å²) in [4.78, 5) is 30.7. The molecular formula is C120H76N8O2. The van der Waals surface area contributed by atoms with Crippen LogP contribution >= 0.6 is 0 Å². The molecule has 0 atom stereocenters. The quantitative estimate of drug-likeness (QED) is 0.0997. The summed E-state index contributed by atoms with van der Waals surface area (Å²) >= 11 is 0. The van der Waals surface area contributed by atoms with Gasteiger partial charge in [-0.15, -0.1) is 0 Å². The van der Waals surface area contributed by atoms with Gasteiger partial charge in [-0.25, -0.2) is 29.9 Å². The van der Waals surface area contributed by atoms with Crippen molar-refractivity contribution in [3.8, 4) is 158 Å². The maximum Gasteiger partial charge on any atom is 0.164 e. The second-order valence-corrected chi connectivity index (χ2v) is 32.8. The van der Waals surface area contributed by atoms with E-state index in [0.717, 1.165) is 166 Å². The van der Waals surface area contributed by atoms with Crippen molar-refractivity contribution < 1.29 is 8.83 Å². The minimum atomic E-state index is 0.588. The third-order valence-corrected chi connectivity index (χ3v) is 24.9. The van der Waals surface area contributed by atoms with E-state index in [1.807, 2.05) is 60.7 Å². The Morgan fingerprint density at radius 2 is 0.369 bits per heavy atom. The number of hydrogen-bond acceptors (Lipinski definition) is 8. The highest BCUT2D eigenvalue weighted by Crippen LogP contribution is 2.46. The first kappa shape index (κ1) is 76.1. The molecule has 10 heteroatoms. The summed E-state index contributed by atoms with van der Waals surface area (Å²) in [5, 5.41) is 8.66. The zero-order valence-electron chi connectivity index (χ0n) is 70.3. The first-order valence-corrected chi connectivity index (χ1v) is 43.8. The van der Waals surface area contributed by atoms with Crippen LogP contribution in [0.1, 0.15) is 0 Å². The largest absolute Gasteiger partial charge is 0.454 e. The molecule has 19 aromatic carbocycles. The normalized spacial score (nSPS) is 11.5. The van der Waals surface area contributed by atoms with E-state index in [1.54, 1.807) is 0 Å². The molecule has 25 aromatic rings. The van der Waals surface area contributed by atoms with Gasteiger partial charge in [0.2, 0.25) is 0 Å². The fourth-order valence-corrected chi connectivity index (χ4v) is 18.5. The molecule has 0 aliphatic rings. The number of benzene rings is 19. The van der Waals surface area contributed by atoms with Crippen molar-refractivity contribution in [1.29, 1.82) is 0 Å². The summed E-state index contributed by atoms with van der Waals surface area (Å²) in [6.07, 6.45) is 0. The molecule has 130 heavy (non-hydrogen) atoms. The Kier molecular flexibility index (Phi) is 19.0. The fraction of sp³-hybridized carbons (Fsp3) is 0. The Morgan fingerprint density at radius 3 is 0.715 bits per heavy atom. The number of hydrogen-bond donors (Lipinski definition) is 0. The second kappa shape index (κ2) is 32.5. The van der Waals surface area contributed by atoms with Crippen LogP contribution in [0, 0.1) is 0 Å². The van der Waals surface area contributed by atoms with E-state index in [-0.39, 0.29) is 0 Å². The Labute approximate surface area is 749 Å². The third-order valence-electron chi connectivity index (χ3n) is 24.9. The Balaban J connectivity index is 0.000000145. The first-order valence-electron chi connectivity index (χ1n) is 43.8. The van der Waals surface area contributed by atoms with Crippen molar-refractivity contribution in [2.45, 2.75) is 0 Å². The van der Waals surface area contributed by atoms with Crippen molar-refractivity contribution in [2.75, 3.05) is 0 Å². The van der Waals surface area contributed by atoms with Crippen LogP contribution in [-0.4, -0.2) is 39.0 Å². The first-order chi connectivity index (χ1) is 64.4. The van der Waals surface area contributed by atoms with E-state index in [1.165, 1.54) is 44.2 Å². The summed E-state index contributed by atoms with van der Waals surface area (Å²) in [6, 6.07) is 161. The van der Waals surface area contributed by atoms with Crippen LogP contribution in [0.2, 0.25) is 0 Å².